The van der Waals surface area contributed by atoms with Gasteiger partial charge in [0.1, 0.15) is 0 Å². The summed E-state index contributed by atoms with van der Waals surface area (Å²) in [4.78, 5) is 0. The van der Waals surface area contributed by atoms with Crippen molar-refractivity contribution in [3.63, 3.8) is 0 Å². The third-order valence-electron chi connectivity index (χ3n) is 2.42. The Morgan fingerprint density at radius 3 is 2.33 bits per heavy atom. The molecular formula is C11H24O. The van der Waals surface area contributed by atoms with E-state index in [1.54, 1.807) is 0 Å². The molecule has 1 N–H and O–H groups in total. The molecule has 0 aliphatic carbocycles. The molecule has 0 radical (unpaired) electrons. The summed E-state index contributed by atoms with van der Waals surface area (Å²) in [5, 5.41) is 8.92. The van der Waals surface area contributed by atoms with Crippen LogP contribution in [0.2, 0.25) is 0 Å². The van der Waals surface area contributed by atoms with Crippen LogP contribution in [0, 0.1) is 11.3 Å². The van der Waals surface area contributed by atoms with Gasteiger partial charge in [-0.25, -0.2) is 0 Å². The predicted molar refractivity (Wildman–Crippen MR) is 54.2 cm³/mol. The van der Waals surface area contributed by atoms with E-state index in [0.29, 0.717) is 17.9 Å². The first-order chi connectivity index (χ1) is 5.52. The number of hydrogen-bond acceptors (Lipinski definition) is 1. The van der Waals surface area contributed by atoms with E-state index in [4.69, 9.17) is 5.11 Å². The lowest BCUT2D eigenvalue weighted by atomic mass is 9.79. The maximum absolute atomic E-state index is 8.92. The Balaban J connectivity index is 3.69. The molecule has 0 rings (SSSR count). The second-order valence-electron chi connectivity index (χ2n) is 4.76. The van der Waals surface area contributed by atoms with Crippen LogP contribution in [-0.4, -0.2) is 11.7 Å². The maximum Gasteiger partial charge on any atom is 0.0456 e. The maximum atomic E-state index is 8.92. The van der Waals surface area contributed by atoms with Crippen molar-refractivity contribution in [1.82, 2.24) is 0 Å². The van der Waals surface area contributed by atoms with Crippen molar-refractivity contribution in [1.29, 1.82) is 0 Å². The Bertz CT molecular complexity index is 108. The van der Waals surface area contributed by atoms with E-state index in [-0.39, 0.29) is 0 Å². The highest BCUT2D eigenvalue weighted by molar-refractivity contribution is 4.71. The number of rotatable bonds is 6. The van der Waals surface area contributed by atoms with Crippen LogP contribution in [0.1, 0.15) is 53.4 Å². The summed E-state index contributed by atoms with van der Waals surface area (Å²) in [7, 11) is 0. The second-order valence-corrected chi connectivity index (χ2v) is 4.76. The average Bonchev–Trinajstić information content (AvgIpc) is 2.00. The molecule has 0 spiro atoms. The van der Waals surface area contributed by atoms with Gasteiger partial charge in [-0.2, -0.15) is 0 Å². The van der Waals surface area contributed by atoms with Gasteiger partial charge >= 0.3 is 0 Å². The molecule has 0 aliphatic heterocycles. The minimum absolute atomic E-state index is 0.329. The van der Waals surface area contributed by atoms with Crippen LogP contribution in [0.3, 0.4) is 0 Å². The van der Waals surface area contributed by atoms with Crippen LogP contribution in [0.15, 0.2) is 0 Å². The zero-order chi connectivity index (χ0) is 9.61. The van der Waals surface area contributed by atoms with Crippen molar-refractivity contribution in [2.24, 2.45) is 11.3 Å². The summed E-state index contributed by atoms with van der Waals surface area (Å²) in [6.07, 6.45) is 5.01. The summed E-state index contributed by atoms with van der Waals surface area (Å²) in [6.45, 7) is 9.28. The summed E-state index contributed by atoms with van der Waals surface area (Å²) >= 11 is 0. The van der Waals surface area contributed by atoms with E-state index in [9.17, 15) is 0 Å². The van der Waals surface area contributed by atoms with Gasteiger partial charge in [-0.1, -0.05) is 40.5 Å². The Morgan fingerprint density at radius 2 is 1.92 bits per heavy atom. The highest BCUT2D eigenvalue weighted by Gasteiger charge is 2.19. The summed E-state index contributed by atoms with van der Waals surface area (Å²) in [6, 6.07) is 0. The molecule has 0 bridgehead atoms. The average molecular weight is 172 g/mol. The Morgan fingerprint density at radius 1 is 1.33 bits per heavy atom. The van der Waals surface area contributed by atoms with Crippen LogP contribution < -0.4 is 0 Å². The molecule has 0 aliphatic rings. The molecule has 0 aromatic carbocycles. The summed E-state index contributed by atoms with van der Waals surface area (Å²) in [5.41, 5.74) is 0.415. The minimum atomic E-state index is 0.329. The van der Waals surface area contributed by atoms with E-state index in [0.717, 1.165) is 6.42 Å². The van der Waals surface area contributed by atoms with Crippen LogP contribution in [0.4, 0.5) is 0 Å². The topological polar surface area (TPSA) is 20.2 Å². The standard InChI is InChI=1S/C11H24O/c1-5-6-7-11(3,4)8-10(2)9-12/h10,12H,5-9H2,1-4H3. The van der Waals surface area contributed by atoms with Gasteiger partial charge in [-0.15, -0.1) is 0 Å². The van der Waals surface area contributed by atoms with Crippen molar-refractivity contribution in [3.8, 4) is 0 Å². The van der Waals surface area contributed by atoms with Crippen molar-refractivity contribution in [2.75, 3.05) is 6.61 Å². The van der Waals surface area contributed by atoms with Crippen molar-refractivity contribution in [3.05, 3.63) is 0 Å². The predicted octanol–water partition coefficient (Wildman–Crippen LogP) is 3.22. The summed E-state index contributed by atoms with van der Waals surface area (Å²) < 4.78 is 0. The SMILES string of the molecule is CCCCC(C)(C)CC(C)CO. The third-order valence-corrected chi connectivity index (χ3v) is 2.42. The van der Waals surface area contributed by atoms with Gasteiger partial charge in [0.15, 0.2) is 0 Å². The Kier molecular flexibility index (Phi) is 5.56. The van der Waals surface area contributed by atoms with E-state index < -0.39 is 0 Å². The monoisotopic (exact) mass is 172 g/mol. The number of hydrogen-bond donors (Lipinski definition) is 1. The molecule has 0 aromatic rings. The Hall–Kier alpha value is -0.0400. The molecule has 1 atom stereocenters. The first kappa shape index (κ1) is 12.0. The molecule has 0 heterocycles. The largest absolute Gasteiger partial charge is 0.396 e. The highest BCUT2D eigenvalue weighted by Crippen LogP contribution is 2.30. The van der Waals surface area contributed by atoms with Crippen molar-refractivity contribution < 1.29 is 5.11 Å². The van der Waals surface area contributed by atoms with Crippen molar-refractivity contribution >= 4 is 0 Å². The van der Waals surface area contributed by atoms with Crippen LogP contribution in [-0.2, 0) is 0 Å². The highest BCUT2D eigenvalue weighted by atomic mass is 16.3. The van der Waals surface area contributed by atoms with Gasteiger partial charge in [-0.05, 0) is 24.2 Å². The fourth-order valence-electron chi connectivity index (χ4n) is 1.77. The molecule has 0 saturated heterocycles. The zero-order valence-corrected chi connectivity index (χ0v) is 9.06. The summed E-state index contributed by atoms with van der Waals surface area (Å²) in [5.74, 6) is 0.455. The number of unbranched alkanes of at least 4 members (excludes halogenated alkanes) is 1. The van der Waals surface area contributed by atoms with E-state index in [1.165, 1.54) is 19.3 Å². The molecule has 74 valence electrons. The molecule has 12 heavy (non-hydrogen) atoms. The van der Waals surface area contributed by atoms with Gasteiger partial charge < -0.3 is 5.11 Å². The lowest BCUT2D eigenvalue weighted by Crippen LogP contribution is -2.17. The molecule has 0 amide bonds. The molecule has 0 saturated carbocycles. The van der Waals surface area contributed by atoms with E-state index in [1.807, 2.05) is 0 Å². The minimum Gasteiger partial charge on any atom is -0.396 e. The normalized spacial score (nSPS) is 14.8. The fraction of sp³-hybridized carbons (Fsp3) is 1.00. The van der Waals surface area contributed by atoms with Crippen LogP contribution in [0.5, 0.6) is 0 Å². The van der Waals surface area contributed by atoms with E-state index in [2.05, 4.69) is 27.7 Å². The second kappa shape index (κ2) is 5.58. The molecule has 0 aromatic heterocycles. The molecule has 1 heteroatoms. The fourth-order valence-corrected chi connectivity index (χ4v) is 1.77. The van der Waals surface area contributed by atoms with Gasteiger partial charge in [0.25, 0.3) is 0 Å². The Labute approximate surface area is 77.2 Å². The quantitative estimate of drug-likeness (QED) is 0.652. The molecule has 1 nitrogen and oxygen atoms in total. The first-order valence-electron chi connectivity index (χ1n) is 5.12. The smallest absolute Gasteiger partial charge is 0.0456 e. The van der Waals surface area contributed by atoms with E-state index >= 15 is 0 Å². The molecular weight excluding hydrogens is 148 g/mol. The van der Waals surface area contributed by atoms with Crippen LogP contribution >= 0.6 is 0 Å². The van der Waals surface area contributed by atoms with Gasteiger partial charge in [0, 0.05) is 6.61 Å². The van der Waals surface area contributed by atoms with Crippen molar-refractivity contribution in [2.45, 2.75) is 53.4 Å². The molecule has 0 fully saturated rings. The molecule has 1 unspecified atom stereocenters. The number of aliphatic hydroxyl groups is 1. The van der Waals surface area contributed by atoms with Gasteiger partial charge in [-0.3, -0.25) is 0 Å². The van der Waals surface area contributed by atoms with Crippen LogP contribution in [0.25, 0.3) is 0 Å². The van der Waals surface area contributed by atoms with Gasteiger partial charge in [0.2, 0.25) is 0 Å². The lowest BCUT2D eigenvalue weighted by molar-refractivity contribution is 0.173. The lowest BCUT2D eigenvalue weighted by Gasteiger charge is -2.27. The van der Waals surface area contributed by atoms with Gasteiger partial charge in [0.05, 0.1) is 0 Å². The zero-order valence-electron chi connectivity index (χ0n) is 9.06. The number of aliphatic hydroxyl groups excluding tert-OH is 1. The first-order valence-corrected chi connectivity index (χ1v) is 5.12. The third kappa shape index (κ3) is 5.59.